The van der Waals surface area contributed by atoms with Gasteiger partial charge in [0.05, 0.1) is 4.21 Å². The Labute approximate surface area is 105 Å². The number of hydrogen-bond acceptors (Lipinski definition) is 3. The van der Waals surface area contributed by atoms with Crippen LogP contribution < -0.4 is 0 Å². The molecular weight excluding hydrogens is 262 g/mol. The molecule has 3 rings (SSSR count). The molecule has 1 aliphatic heterocycles. The van der Waals surface area contributed by atoms with Crippen LogP contribution in [0.3, 0.4) is 0 Å². The predicted octanol–water partition coefficient (Wildman–Crippen LogP) is 3.71. The van der Waals surface area contributed by atoms with E-state index >= 15 is 0 Å². The minimum absolute atomic E-state index is 0.269. The Hall–Kier alpha value is -0.910. The standard InChI is InChI=1S/C12H8F2OS2/c13-9-2-1-6-8(10(9)14)5-17-12-7(11(6)15)3-4-16-12/h1-4,11,15H,5H2. The van der Waals surface area contributed by atoms with E-state index in [1.165, 1.54) is 29.2 Å². The van der Waals surface area contributed by atoms with Gasteiger partial charge in [0.25, 0.3) is 0 Å². The molecule has 1 nitrogen and oxygen atoms in total. The number of thiophene rings is 1. The molecule has 5 heteroatoms. The molecule has 0 bridgehead atoms. The summed E-state index contributed by atoms with van der Waals surface area (Å²) in [5.74, 6) is -1.35. The van der Waals surface area contributed by atoms with Gasteiger partial charge < -0.3 is 5.11 Å². The fourth-order valence-electron chi connectivity index (χ4n) is 1.94. The van der Waals surface area contributed by atoms with Gasteiger partial charge >= 0.3 is 0 Å². The molecule has 0 spiro atoms. The molecule has 0 radical (unpaired) electrons. The average Bonchev–Trinajstić information content (AvgIpc) is 2.74. The van der Waals surface area contributed by atoms with Crippen molar-refractivity contribution in [3.05, 3.63) is 51.9 Å². The third-order valence-electron chi connectivity index (χ3n) is 2.83. The lowest BCUT2D eigenvalue weighted by Crippen LogP contribution is -2.04. The van der Waals surface area contributed by atoms with Crippen LogP contribution >= 0.6 is 23.1 Å². The highest BCUT2D eigenvalue weighted by Crippen LogP contribution is 2.43. The smallest absolute Gasteiger partial charge is 0.163 e. The Bertz CT molecular complexity index is 580. The molecule has 88 valence electrons. The predicted molar refractivity (Wildman–Crippen MR) is 64.3 cm³/mol. The Kier molecular flexibility index (Phi) is 2.69. The van der Waals surface area contributed by atoms with Crippen LogP contribution in [0.15, 0.2) is 27.8 Å². The van der Waals surface area contributed by atoms with Crippen molar-refractivity contribution in [2.45, 2.75) is 16.1 Å². The SMILES string of the molecule is OC1c2ccsc2SCc2c1ccc(F)c2F. The number of aliphatic hydroxyl groups excluding tert-OH is 1. The van der Waals surface area contributed by atoms with Crippen LogP contribution in [0.25, 0.3) is 0 Å². The molecule has 0 fully saturated rings. The van der Waals surface area contributed by atoms with Crippen LogP contribution in [0, 0.1) is 11.6 Å². The van der Waals surface area contributed by atoms with Crippen molar-refractivity contribution in [2.24, 2.45) is 0 Å². The molecule has 0 aliphatic carbocycles. The highest BCUT2D eigenvalue weighted by atomic mass is 32.2. The molecule has 2 heterocycles. The second-order valence-electron chi connectivity index (χ2n) is 3.78. The molecule has 0 saturated heterocycles. The van der Waals surface area contributed by atoms with E-state index in [4.69, 9.17) is 0 Å². The van der Waals surface area contributed by atoms with Gasteiger partial charge in [-0.1, -0.05) is 6.07 Å². The lowest BCUT2D eigenvalue weighted by atomic mass is 9.99. The van der Waals surface area contributed by atoms with Crippen LogP contribution in [0.1, 0.15) is 22.8 Å². The normalized spacial score (nSPS) is 18.4. The number of benzene rings is 1. The van der Waals surface area contributed by atoms with E-state index < -0.39 is 17.7 Å². The van der Waals surface area contributed by atoms with Gasteiger partial charge in [0.2, 0.25) is 0 Å². The average molecular weight is 270 g/mol. The quantitative estimate of drug-likeness (QED) is 0.787. The first kappa shape index (κ1) is 11.2. The van der Waals surface area contributed by atoms with E-state index in [-0.39, 0.29) is 5.56 Å². The summed E-state index contributed by atoms with van der Waals surface area (Å²) in [5.41, 5.74) is 1.52. The number of fused-ring (bicyclic) bond motifs is 2. The fourth-order valence-corrected chi connectivity index (χ4v) is 4.13. The van der Waals surface area contributed by atoms with Gasteiger partial charge in [-0.25, -0.2) is 8.78 Å². The number of rotatable bonds is 0. The Morgan fingerprint density at radius 3 is 2.82 bits per heavy atom. The number of aliphatic hydroxyl groups is 1. The molecule has 1 N–H and O–H groups in total. The van der Waals surface area contributed by atoms with Crippen LogP contribution in [-0.4, -0.2) is 5.11 Å². The van der Waals surface area contributed by atoms with Crippen molar-refractivity contribution in [3.8, 4) is 0 Å². The monoisotopic (exact) mass is 270 g/mol. The molecular formula is C12H8F2OS2. The molecule has 1 atom stereocenters. The van der Waals surface area contributed by atoms with E-state index in [1.54, 1.807) is 0 Å². The van der Waals surface area contributed by atoms with Gasteiger partial charge in [-0.3, -0.25) is 0 Å². The summed E-state index contributed by atoms with van der Waals surface area (Å²) in [6, 6.07) is 4.36. The number of halogens is 2. The second-order valence-corrected chi connectivity index (χ2v) is 5.94. The summed E-state index contributed by atoms with van der Waals surface area (Å²) in [7, 11) is 0. The first-order chi connectivity index (χ1) is 8.18. The second kappa shape index (κ2) is 4.08. The molecule has 0 amide bonds. The Morgan fingerprint density at radius 1 is 1.18 bits per heavy atom. The van der Waals surface area contributed by atoms with Crippen molar-refractivity contribution >= 4 is 23.1 Å². The van der Waals surface area contributed by atoms with E-state index in [9.17, 15) is 13.9 Å². The van der Waals surface area contributed by atoms with Crippen molar-refractivity contribution in [1.29, 1.82) is 0 Å². The maximum atomic E-state index is 13.7. The van der Waals surface area contributed by atoms with E-state index in [2.05, 4.69) is 0 Å². The molecule has 0 saturated carbocycles. The highest BCUT2D eigenvalue weighted by molar-refractivity contribution is 8.00. The van der Waals surface area contributed by atoms with Gasteiger partial charge in [0.15, 0.2) is 11.6 Å². The van der Waals surface area contributed by atoms with Crippen molar-refractivity contribution in [3.63, 3.8) is 0 Å². The van der Waals surface area contributed by atoms with E-state index in [0.29, 0.717) is 11.3 Å². The van der Waals surface area contributed by atoms with Crippen LogP contribution in [0.5, 0.6) is 0 Å². The first-order valence-electron chi connectivity index (χ1n) is 5.03. The number of thioether (sulfide) groups is 1. The molecule has 17 heavy (non-hydrogen) atoms. The summed E-state index contributed by atoms with van der Waals surface area (Å²) in [4.78, 5) is 0. The van der Waals surface area contributed by atoms with Gasteiger partial charge in [0.1, 0.15) is 6.10 Å². The summed E-state index contributed by atoms with van der Waals surface area (Å²) in [6.45, 7) is 0. The zero-order valence-corrected chi connectivity index (χ0v) is 10.2. The summed E-state index contributed by atoms with van der Waals surface area (Å²) in [5, 5.41) is 12.1. The Morgan fingerprint density at radius 2 is 2.00 bits per heavy atom. The van der Waals surface area contributed by atoms with Crippen molar-refractivity contribution < 1.29 is 13.9 Å². The summed E-state index contributed by atoms with van der Waals surface area (Å²) < 4.78 is 27.8. The highest BCUT2D eigenvalue weighted by Gasteiger charge is 2.26. The topological polar surface area (TPSA) is 20.2 Å². The zero-order chi connectivity index (χ0) is 12.0. The third kappa shape index (κ3) is 1.69. The zero-order valence-electron chi connectivity index (χ0n) is 8.61. The molecule has 2 aromatic rings. The van der Waals surface area contributed by atoms with Crippen LogP contribution in [-0.2, 0) is 5.75 Å². The van der Waals surface area contributed by atoms with Crippen LogP contribution in [0.4, 0.5) is 8.78 Å². The third-order valence-corrected chi connectivity index (χ3v) is 5.12. The lowest BCUT2D eigenvalue weighted by Gasteiger charge is -2.12. The van der Waals surface area contributed by atoms with Gasteiger partial charge in [-0.05, 0) is 23.1 Å². The lowest BCUT2D eigenvalue weighted by molar-refractivity contribution is 0.217. The molecule has 1 aromatic heterocycles. The van der Waals surface area contributed by atoms with E-state index in [1.807, 2.05) is 11.4 Å². The number of hydrogen-bond donors (Lipinski definition) is 1. The van der Waals surface area contributed by atoms with E-state index in [0.717, 1.165) is 15.8 Å². The summed E-state index contributed by atoms with van der Waals surface area (Å²) >= 11 is 2.95. The molecule has 1 unspecified atom stereocenters. The maximum absolute atomic E-state index is 13.7. The van der Waals surface area contributed by atoms with Crippen molar-refractivity contribution in [2.75, 3.05) is 0 Å². The van der Waals surface area contributed by atoms with Crippen molar-refractivity contribution in [1.82, 2.24) is 0 Å². The fraction of sp³-hybridized carbons (Fsp3) is 0.167. The van der Waals surface area contributed by atoms with Gasteiger partial charge in [-0.2, -0.15) is 0 Å². The van der Waals surface area contributed by atoms with Crippen LogP contribution in [0.2, 0.25) is 0 Å². The maximum Gasteiger partial charge on any atom is 0.163 e. The minimum Gasteiger partial charge on any atom is -0.384 e. The molecule has 1 aliphatic rings. The minimum atomic E-state index is -0.864. The van der Waals surface area contributed by atoms with Gasteiger partial charge in [0, 0.05) is 16.9 Å². The molecule has 1 aromatic carbocycles. The van der Waals surface area contributed by atoms with Gasteiger partial charge in [-0.15, -0.1) is 23.1 Å². The first-order valence-corrected chi connectivity index (χ1v) is 6.90. The Balaban J connectivity index is 2.20. The summed E-state index contributed by atoms with van der Waals surface area (Å²) in [6.07, 6.45) is -0.864. The largest absolute Gasteiger partial charge is 0.384 e.